The predicted octanol–water partition coefficient (Wildman–Crippen LogP) is 2.48. The van der Waals surface area contributed by atoms with Crippen LogP contribution < -0.4 is 10.1 Å². The predicted molar refractivity (Wildman–Crippen MR) is 75.8 cm³/mol. The molecule has 1 aromatic heterocycles. The Hall–Kier alpha value is -1.85. The number of nitrogens with zero attached hydrogens (tertiary/aromatic N) is 2. The monoisotopic (exact) mass is 311 g/mol. The van der Waals surface area contributed by atoms with Crippen LogP contribution in [0.3, 0.4) is 0 Å². The minimum atomic E-state index is -0.284. The van der Waals surface area contributed by atoms with Crippen molar-refractivity contribution in [1.29, 1.82) is 0 Å². The van der Waals surface area contributed by atoms with Crippen molar-refractivity contribution in [2.45, 2.75) is 6.54 Å². The van der Waals surface area contributed by atoms with Crippen LogP contribution in [0.4, 0.5) is 0 Å². The second-order valence-electron chi connectivity index (χ2n) is 3.84. The van der Waals surface area contributed by atoms with Crippen LogP contribution >= 0.6 is 23.2 Å². The highest BCUT2D eigenvalue weighted by atomic mass is 35.5. The highest BCUT2D eigenvalue weighted by molar-refractivity contribution is 6.34. The molecule has 1 amide bonds. The minimum Gasteiger partial charge on any atom is -0.484 e. The molecular weight excluding hydrogens is 301 g/mol. The fourth-order valence-corrected chi connectivity index (χ4v) is 1.92. The number of carbonyl (C=O) groups excluding carboxylic acids is 1. The van der Waals surface area contributed by atoms with Crippen molar-refractivity contribution in [3.8, 4) is 5.75 Å². The van der Waals surface area contributed by atoms with Gasteiger partial charge >= 0.3 is 0 Å². The Kier molecular flexibility index (Phi) is 5.15. The van der Waals surface area contributed by atoms with Crippen LogP contribution in [0.2, 0.25) is 10.0 Å². The number of halogens is 2. The summed E-state index contributed by atoms with van der Waals surface area (Å²) in [7, 11) is 0. The smallest absolute Gasteiger partial charge is 0.258 e. The molecule has 0 atom stereocenters. The van der Waals surface area contributed by atoms with Gasteiger partial charge in [-0.1, -0.05) is 23.2 Å². The van der Waals surface area contributed by atoms with E-state index >= 15 is 0 Å². The molecule has 0 aliphatic heterocycles. The van der Waals surface area contributed by atoms with E-state index in [2.05, 4.69) is 15.3 Å². The van der Waals surface area contributed by atoms with E-state index in [4.69, 9.17) is 27.9 Å². The second-order valence-corrected chi connectivity index (χ2v) is 4.71. The van der Waals surface area contributed by atoms with Crippen LogP contribution in [-0.4, -0.2) is 22.5 Å². The van der Waals surface area contributed by atoms with E-state index in [1.54, 1.807) is 36.7 Å². The third-order valence-corrected chi connectivity index (χ3v) is 2.71. The van der Waals surface area contributed by atoms with Crippen LogP contribution in [0.1, 0.15) is 5.82 Å². The van der Waals surface area contributed by atoms with E-state index in [1.165, 1.54) is 0 Å². The van der Waals surface area contributed by atoms with E-state index in [1.807, 2.05) is 0 Å². The van der Waals surface area contributed by atoms with E-state index in [9.17, 15) is 4.79 Å². The Labute approximate surface area is 125 Å². The lowest BCUT2D eigenvalue weighted by Gasteiger charge is -2.07. The number of carbonyl (C=O) groups is 1. The molecule has 0 bridgehead atoms. The summed E-state index contributed by atoms with van der Waals surface area (Å²) in [5.41, 5.74) is 0. The van der Waals surface area contributed by atoms with E-state index in [0.29, 0.717) is 21.6 Å². The van der Waals surface area contributed by atoms with Gasteiger partial charge in [0.2, 0.25) is 0 Å². The zero-order valence-electron chi connectivity index (χ0n) is 10.3. The van der Waals surface area contributed by atoms with Crippen molar-refractivity contribution in [3.05, 3.63) is 52.5 Å². The fourth-order valence-electron chi connectivity index (χ4n) is 1.41. The van der Waals surface area contributed by atoms with Crippen molar-refractivity contribution < 1.29 is 9.53 Å². The highest BCUT2D eigenvalue weighted by Gasteiger charge is 2.05. The minimum absolute atomic E-state index is 0.135. The Bertz CT molecular complexity index is 573. The molecule has 1 N–H and O–H groups in total. The molecular formula is C13H11Cl2N3O2. The number of hydrogen-bond acceptors (Lipinski definition) is 4. The maximum absolute atomic E-state index is 11.6. The van der Waals surface area contributed by atoms with Gasteiger partial charge < -0.3 is 10.1 Å². The largest absolute Gasteiger partial charge is 0.484 e. The fraction of sp³-hybridized carbons (Fsp3) is 0.154. The molecule has 2 rings (SSSR count). The molecule has 0 radical (unpaired) electrons. The van der Waals surface area contributed by atoms with Crippen molar-refractivity contribution in [3.63, 3.8) is 0 Å². The third kappa shape index (κ3) is 4.68. The number of amides is 1. The van der Waals surface area contributed by atoms with Crippen molar-refractivity contribution in [1.82, 2.24) is 15.3 Å². The molecule has 2 aromatic rings. The topological polar surface area (TPSA) is 64.1 Å². The number of benzene rings is 1. The first kappa shape index (κ1) is 14.6. The van der Waals surface area contributed by atoms with Crippen LogP contribution in [0.25, 0.3) is 0 Å². The molecule has 1 aromatic carbocycles. The van der Waals surface area contributed by atoms with Gasteiger partial charge in [0, 0.05) is 22.4 Å². The molecule has 5 nitrogen and oxygen atoms in total. The van der Waals surface area contributed by atoms with Crippen molar-refractivity contribution in [2.24, 2.45) is 0 Å². The van der Waals surface area contributed by atoms with Gasteiger partial charge in [-0.25, -0.2) is 9.97 Å². The van der Waals surface area contributed by atoms with E-state index in [-0.39, 0.29) is 19.1 Å². The quantitative estimate of drug-likeness (QED) is 0.921. The maximum atomic E-state index is 11.6. The summed E-state index contributed by atoms with van der Waals surface area (Å²) in [6, 6.07) is 6.46. The normalized spacial score (nSPS) is 10.1. The Morgan fingerprint density at radius 2 is 1.80 bits per heavy atom. The van der Waals surface area contributed by atoms with Crippen molar-refractivity contribution >= 4 is 29.1 Å². The number of rotatable bonds is 5. The lowest BCUT2D eigenvalue weighted by Crippen LogP contribution is -2.29. The van der Waals surface area contributed by atoms with Gasteiger partial charge in [0.25, 0.3) is 5.91 Å². The first-order valence-corrected chi connectivity index (χ1v) is 6.50. The summed E-state index contributed by atoms with van der Waals surface area (Å²) < 4.78 is 5.30. The zero-order valence-corrected chi connectivity index (χ0v) is 11.9. The van der Waals surface area contributed by atoms with Crippen molar-refractivity contribution in [2.75, 3.05) is 6.61 Å². The molecule has 0 spiro atoms. The molecule has 7 heteroatoms. The molecule has 0 aliphatic carbocycles. The van der Waals surface area contributed by atoms with Gasteiger partial charge in [-0.3, -0.25) is 4.79 Å². The molecule has 0 fully saturated rings. The van der Waals surface area contributed by atoms with Gasteiger partial charge in [0.15, 0.2) is 6.61 Å². The third-order valence-electron chi connectivity index (χ3n) is 2.27. The summed E-state index contributed by atoms with van der Waals surface area (Å²) in [6.45, 7) is 0.114. The molecule has 0 unspecified atom stereocenters. The molecule has 0 saturated carbocycles. The summed E-state index contributed by atoms with van der Waals surface area (Å²) in [4.78, 5) is 19.6. The molecule has 104 valence electrons. The maximum Gasteiger partial charge on any atom is 0.258 e. The number of aromatic nitrogens is 2. The summed E-state index contributed by atoms with van der Waals surface area (Å²) in [5, 5.41) is 3.54. The van der Waals surface area contributed by atoms with E-state index < -0.39 is 0 Å². The Balaban J connectivity index is 1.80. The standard InChI is InChI=1S/C13H11Cl2N3O2/c14-9-4-10(15)6-11(5-9)20-8-13(19)18-7-12-16-2-1-3-17-12/h1-6H,7-8H2,(H,18,19). The number of hydrogen-bond donors (Lipinski definition) is 1. The van der Waals surface area contributed by atoms with Gasteiger partial charge in [-0.05, 0) is 24.3 Å². The van der Waals surface area contributed by atoms with Gasteiger partial charge in [-0.2, -0.15) is 0 Å². The van der Waals surface area contributed by atoms with E-state index in [0.717, 1.165) is 0 Å². The average molecular weight is 312 g/mol. The van der Waals surface area contributed by atoms with Crippen LogP contribution in [0.15, 0.2) is 36.7 Å². The molecule has 0 aliphatic rings. The van der Waals surface area contributed by atoms with Crippen LogP contribution in [0, 0.1) is 0 Å². The van der Waals surface area contributed by atoms with Gasteiger partial charge in [0.05, 0.1) is 6.54 Å². The summed E-state index contributed by atoms with van der Waals surface area (Å²) >= 11 is 11.7. The zero-order chi connectivity index (χ0) is 14.4. The molecule has 1 heterocycles. The lowest BCUT2D eigenvalue weighted by atomic mass is 10.3. The number of nitrogens with one attached hydrogen (secondary N) is 1. The Morgan fingerprint density at radius 3 is 2.45 bits per heavy atom. The number of ether oxygens (including phenoxy) is 1. The SMILES string of the molecule is O=C(COc1cc(Cl)cc(Cl)c1)NCc1ncccn1. The summed E-state index contributed by atoms with van der Waals surface area (Å²) in [5.74, 6) is 0.689. The highest BCUT2D eigenvalue weighted by Crippen LogP contribution is 2.23. The Morgan fingerprint density at radius 1 is 1.15 bits per heavy atom. The average Bonchev–Trinajstić information content (AvgIpc) is 2.43. The van der Waals surface area contributed by atoms with Gasteiger partial charge in [0.1, 0.15) is 11.6 Å². The molecule has 20 heavy (non-hydrogen) atoms. The second kappa shape index (κ2) is 7.07. The first-order chi connectivity index (χ1) is 9.63. The molecule has 0 saturated heterocycles. The van der Waals surface area contributed by atoms with Crippen LogP contribution in [0.5, 0.6) is 5.75 Å². The summed E-state index contributed by atoms with van der Waals surface area (Å²) in [6.07, 6.45) is 3.22. The van der Waals surface area contributed by atoms with Crippen LogP contribution in [-0.2, 0) is 11.3 Å². The lowest BCUT2D eigenvalue weighted by molar-refractivity contribution is -0.123. The first-order valence-electron chi connectivity index (χ1n) is 5.75. The van der Waals surface area contributed by atoms with Gasteiger partial charge in [-0.15, -0.1) is 0 Å².